The zero-order valence-corrected chi connectivity index (χ0v) is 9.88. The number of anilines is 1. The van der Waals surface area contributed by atoms with Crippen LogP contribution in [0.25, 0.3) is 0 Å². The second kappa shape index (κ2) is 4.99. The van der Waals surface area contributed by atoms with Crippen molar-refractivity contribution in [3.63, 3.8) is 0 Å². The molecule has 0 amide bonds. The summed E-state index contributed by atoms with van der Waals surface area (Å²) < 4.78 is 4.54. The van der Waals surface area contributed by atoms with Crippen molar-refractivity contribution in [2.45, 2.75) is 25.3 Å². The number of rotatable bonds is 4. The molecule has 0 unspecified atom stereocenters. The van der Waals surface area contributed by atoms with Crippen LogP contribution in [0.2, 0.25) is 0 Å². The van der Waals surface area contributed by atoms with Crippen molar-refractivity contribution < 1.29 is 14.5 Å². The van der Waals surface area contributed by atoms with Gasteiger partial charge in [0.1, 0.15) is 0 Å². The van der Waals surface area contributed by atoms with Crippen molar-refractivity contribution in [2.24, 2.45) is 0 Å². The summed E-state index contributed by atoms with van der Waals surface area (Å²) in [5.74, 6) is -0.478. The second-order valence-corrected chi connectivity index (χ2v) is 4.09. The lowest BCUT2D eigenvalue weighted by Gasteiger charge is -2.26. The maximum Gasteiger partial charge on any atom is 0.356 e. The molecule has 0 atom stereocenters. The van der Waals surface area contributed by atoms with Crippen LogP contribution >= 0.6 is 0 Å². The predicted octanol–water partition coefficient (Wildman–Crippen LogP) is 1.74. The maximum absolute atomic E-state index is 11.3. The van der Waals surface area contributed by atoms with Gasteiger partial charge in [0.2, 0.25) is 5.82 Å². The Labute approximate surface area is 103 Å². The van der Waals surface area contributed by atoms with Gasteiger partial charge in [0.05, 0.1) is 12.0 Å². The molecule has 96 valence electrons. The highest BCUT2D eigenvalue weighted by atomic mass is 16.6. The molecule has 1 aliphatic rings. The fraction of sp³-hybridized carbons (Fsp3) is 0.455. The highest BCUT2D eigenvalue weighted by molar-refractivity contribution is 5.88. The molecule has 1 aromatic rings. The minimum absolute atomic E-state index is 0.0601. The summed E-state index contributed by atoms with van der Waals surface area (Å²) in [5.41, 5.74) is -0.0699. The van der Waals surface area contributed by atoms with Gasteiger partial charge in [0, 0.05) is 12.1 Å². The zero-order chi connectivity index (χ0) is 13.1. The lowest BCUT2D eigenvalue weighted by molar-refractivity contribution is -0.384. The number of esters is 1. The van der Waals surface area contributed by atoms with Gasteiger partial charge in [0.15, 0.2) is 5.69 Å². The molecule has 18 heavy (non-hydrogen) atoms. The van der Waals surface area contributed by atoms with E-state index in [0.717, 1.165) is 19.3 Å². The first-order valence-electron chi connectivity index (χ1n) is 5.62. The lowest BCUT2D eigenvalue weighted by Crippen LogP contribution is -2.28. The molecule has 1 N–H and O–H groups in total. The van der Waals surface area contributed by atoms with Gasteiger partial charge in [-0.05, 0) is 25.3 Å². The fourth-order valence-corrected chi connectivity index (χ4v) is 1.67. The number of carbonyl (C=O) groups is 1. The molecule has 0 bridgehead atoms. The molecule has 1 fully saturated rings. The predicted molar refractivity (Wildman–Crippen MR) is 63.5 cm³/mol. The molecule has 7 heteroatoms. The molecule has 1 aromatic heterocycles. The standard InChI is InChI=1S/C11H13N3O4/c1-18-11(15)8-5-6-9(14(16)17)10(13-8)12-7-3-2-4-7/h5-7H,2-4H2,1H3,(H,12,13). The van der Waals surface area contributed by atoms with Crippen LogP contribution in [0.4, 0.5) is 11.5 Å². The van der Waals surface area contributed by atoms with Gasteiger partial charge in [-0.25, -0.2) is 9.78 Å². The topological polar surface area (TPSA) is 94.4 Å². The van der Waals surface area contributed by atoms with E-state index in [4.69, 9.17) is 0 Å². The molecule has 0 spiro atoms. The Balaban J connectivity index is 2.30. The van der Waals surface area contributed by atoms with E-state index in [9.17, 15) is 14.9 Å². The van der Waals surface area contributed by atoms with Gasteiger partial charge in [-0.1, -0.05) is 0 Å². The Kier molecular flexibility index (Phi) is 3.40. The number of nitrogens with zero attached hydrogens (tertiary/aromatic N) is 2. The normalized spacial score (nSPS) is 14.7. The number of nitrogens with one attached hydrogen (secondary N) is 1. The van der Waals surface area contributed by atoms with Crippen LogP contribution in [0.5, 0.6) is 0 Å². The largest absolute Gasteiger partial charge is 0.464 e. The first kappa shape index (κ1) is 12.3. The molecular formula is C11H13N3O4. The quantitative estimate of drug-likeness (QED) is 0.497. The molecule has 1 heterocycles. The third-order valence-corrected chi connectivity index (χ3v) is 2.91. The molecule has 0 radical (unpaired) electrons. The van der Waals surface area contributed by atoms with Crippen molar-refractivity contribution in [3.8, 4) is 0 Å². The fourth-order valence-electron chi connectivity index (χ4n) is 1.67. The highest BCUT2D eigenvalue weighted by Crippen LogP contribution is 2.28. The molecule has 7 nitrogen and oxygen atoms in total. The molecule has 0 aromatic carbocycles. The molecule has 1 aliphatic carbocycles. The number of carbonyl (C=O) groups excluding carboxylic acids is 1. The number of ether oxygens (including phenoxy) is 1. The first-order chi connectivity index (χ1) is 8.61. The van der Waals surface area contributed by atoms with Crippen molar-refractivity contribution in [1.29, 1.82) is 0 Å². The van der Waals surface area contributed by atoms with Crippen LogP contribution in [0.15, 0.2) is 12.1 Å². The number of hydrogen-bond acceptors (Lipinski definition) is 6. The summed E-state index contributed by atoms with van der Waals surface area (Å²) in [6.07, 6.45) is 3.02. The monoisotopic (exact) mass is 251 g/mol. The summed E-state index contributed by atoms with van der Waals surface area (Å²) in [6, 6.07) is 2.75. The van der Waals surface area contributed by atoms with Crippen molar-refractivity contribution in [2.75, 3.05) is 12.4 Å². The summed E-state index contributed by atoms with van der Waals surface area (Å²) in [5, 5.41) is 13.9. The van der Waals surface area contributed by atoms with E-state index in [1.807, 2.05) is 0 Å². The van der Waals surface area contributed by atoms with E-state index in [0.29, 0.717) is 0 Å². The first-order valence-corrected chi connectivity index (χ1v) is 5.62. The van der Waals surface area contributed by atoms with Crippen molar-refractivity contribution in [3.05, 3.63) is 27.9 Å². The lowest BCUT2D eigenvalue weighted by atomic mass is 9.93. The number of pyridine rings is 1. The van der Waals surface area contributed by atoms with Crippen LogP contribution < -0.4 is 5.32 Å². The van der Waals surface area contributed by atoms with Gasteiger partial charge in [-0.15, -0.1) is 0 Å². The number of aromatic nitrogens is 1. The Morgan fingerprint density at radius 2 is 2.28 bits per heavy atom. The van der Waals surface area contributed by atoms with E-state index in [-0.39, 0.29) is 23.2 Å². The Bertz CT molecular complexity index is 485. The van der Waals surface area contributed by atoms with Gasteiger partial charge in [-0.3, -0.25) is 10.1 Å². The van der Waals surface area contributed by atoms with E-state index < -0.39 is 10.9 Å². The van der Waals surface area contributed by atoms with Crippen molar-refractivity contribution in [1.82, 2.24) is 4.98 Å². The van der Waals surface area contributed by atoms with E-state index >= 15 is 0 Å². The smallest absolute Gasteiger partial charge is 0.356 e. The van der Waals surface area contributed by atoms with Crippen molar-refractivity contribution >= 4 is 17.5 Å². The molecular weight excluding hydrogens is 238 g/mol. The van der Waals surface area contributed by atoms with Gasteiger partial charge in [0.25, 0.3) is 0 Å². The average molecular weight is 251 g/mol. The average Bonchev–Trinajstić information content (AvgIpc) is 2.32. The third kappa shape index (κ3) is 2.39. The number of hydrogen-bond donors (Lipinski definition) is 1. The summed E-state index contributed by atoms with van der Waals surface area (Å²) >= 11 is 0. The summed E-state index contributed by atoms with van der Waals surface area (Å²) in [4.78, 5) is 25.6. The van der Waals surface area contributed by atoms with Crippen LogP contribution in [0.3, 0.4) is 0 Å². The Morgan fingerprint density at radius 3 is 2.78 bits per heavy atom. The van der Waals surface area contributed by atoms with Gasteiger partial charge < -0.3 is 10.1 Å². The molecule has 0 aliphatic heterocycles. The third-order valence-electron chi connectivity index (χ3n) is 2.91. The van der Waals surface area contributed by atoms with Crippen LogP contribution in [0.1, 0.15) is 29.8 Å². The van der Waals surface area contributed by atoms with E-state index in [1.54, 1.807) is 0 Å². The second-order valence-electron chi connectivity index (χ2n) is 4.09. The molecule has 1 saturated carbocycles. The SMILES string of the molecule is COC(=O)c1ccc([N+](=O)[O-])c(NC2CCC2)n1. The van der Waals surface area contributed by atoms with E-state index in [2.05, 4.69) is 15.0 Å². The Hall–Kier alpha value is -2.18. The molecule has 0 saturated heterocycles. The highest BCUT2D eigenvalue weighted by Gasteiger charge is 2.24. The summed E-state index contributed by atoms with van der Waals surface area (Å²) in [7, 11) is 1.24. The van der Waals surface area contributed by atoms with Crippen LogP contribution in [-0.4, -0.2) is 29.0 Å². The van der Waals surface area contributed by atoms with Crippen LogP contribution in [-0.2, 0) is 4.74 Å². The maximum atomic E-state index is 11.3. The van der Waals surface area contributed by atoms with E-state index in [1.165, 1.54) is 19.2 Å². The minimum Gasteiger partial charge on any atom is -0.464 e. The van der Waals surface area contributed by atoms with Crippen LogP contribution in [0, 0.1) is 10.1 Å². The van der Waals surface area contributed by atoms with Gasteiger partial charge in [-0.2, -0.15) is 0 Å². The zero-order valence-electron chi connectivity index (χ0n) is 9.88. The number of methoxy groups -OCH3 is 1. The molecule has 2 rings (SSSR count). The summed E-state index contributed by atoms with van der Waals surface area (Å²) in [6.45, 7) is 0. The van der Waals surface area contributed by atoms with Gasteiger partial charge >= 0.3 is 11.7 Å². The minimum atomic E-state index is -0.610. The number of nitro groups is 1. The Morgan fingerprint density at radius 1 is 1.56 bits per heavy atom.